The molecule has 0 saturated carbocycles. The molecule has 2 N–H and O–H groups in total. The molecule has 5 aromatic rings. The van der Waals surface area contributed by atoms with Gasteiger partial charge in [-0.05, 0) is 64.3 Å². The first kappa shape index (κ1) is 30.9. The van der Waals surface area contributed by atoms with Crippen molar-refractivity contribution in [2.75, 3.05) is 23.4 Å². The van der Waals surface area contributed by atoms with E-state index < -0.39 is 15.7 Å². The van der Waals surface area contributed by atoms with Gasteiger partial charge in [-0.1, -0.05) is 19.1 Å². The summed E-state index contributed by atoms with van der Waals surface area (Å²) in [5.41, 5.74) is 2.63. The zero-order valence-electron chi connectivity index (χ0n) is 23.1. The van der Waals surface area contributed by atoms with E-state index in [1.807, 2.05) is 19.1 Å². The minimum Gasteiger partial charge on any atom is -0.488 e. The highest BCUT2D eigenvalue weighted by Crippen LogP contribution is 2.34. The summed E-state index contributed by atoms with van der Waals surface area (Å²) in [7, 11) is -3.06. The van der Waals surface area contributed by atoms with Gasteiger partial charge in [0.15, 0.2) is 9.84 Å². The molecule has 0 saturated heterocycles. The highest BCUT2D eigenvalue weighted by atomic mass is 79.9. The van der Waals surface area contributed by atoms with E-state index in [4.69, 9.17) is 4.74 Å². The number of rotatable bonds is 13. The molecule has 0 aliphatic rings. The van der Waals surface area contributed by atoms with Gasteiger partial charge in [0.2, 0.25) is 0 Å². The monoisotopic (exact) mass is 687 g/mol. The number of fused-ring (bicyclic) bond motifs is 1. The summed E-state index contributed by atoms with van der Waals surface area (Å²) < 4.78 is 59.0. The third-order valence-electron chi connectivity index (χ3n) is 6.41. The van der Waals surface area contributed by atoms with Crippen molar-refractivity contribution < 1.29 is 21.9 Å². The summed E-state index contributed by atoms with van der Waals surface area (Å²) in [5.74, 6) is 0.525. The molecule has 0 unspecified atom stereocenters. The molecule has 8 nitrogen and oxygen atoms in total. The molecule has 0 atom stereocenters. The van der Waals surface area contributed by atoms with Gasteiger partial charge < -0.3 is 15.4 Å². The summed E-state index contributed by atoms with van der Waals surface area (Å²) >= 11 is 4.90. The van der Waals surface area contributed by atoms with Crippen molar-refractivity contribution >= 4 is 59.5 Å². The Morgan fingerprint density at radius 1 is 1.05 bits per heavy atom. The van der Waals surface area contributed by atoms with Gasteiger partial charge in [0.1, 0.15) is 41.1 Å². The van der Waals surface area contributed by atoms with Crippen molar-refractivity contribution in [2.45, 2.75) is 26.5 Å². The number of nitrogens with zero attached hydrogens (tertiary/aromatic N) is 3. The standard InChI is InChI=1S/C30H28BrF2N5O3S2/c1-2-9-43(39,40)10-8-34-15-29-38-27(17-42-29)22-13-23-26(14-25(22)33)35-18-36-30(23)37-21-6-7-28(24(31)12-21)41-16-19-4-3-5-20(32)11-19/h3-7,11-14,17-18,34H,2,8-10,15-16H2,1H3,(H,35,36,37). The molecule has 43 heavy (non-hydrogen) atoms. The van der Waals surface area contributed by atoms with Gasteiger partial charge >= 0.3 is 0 Å². The first-order chi connectivity index (χ1) is 20.7. The molecule has 2 heterocycles. The van der Waals surface area contributed by atoms with Crippen LogP contribution in [-0.4, -0.2) is 41.4 Å². The minimum absolute atomic E-state index is 0.0649. The second-order valence-corrected chi connectivity index (χ2v) is 13.8. The number of thiazole rings is 1. The van der Waals surface area contributed by atoms with Gasteiger partial charge in [-0.3, -0.25) is 0 Å². The number of benzene rings is 3. The fourth-order valence-electron chi connectivity index (χ4n) is 4.35. The van der Waals surface area contributed by atoms with Gasteiger partial charge in [0, 0.05) is 46.9 Å². The van der Waals surface area contributed by atoms with E-state index >= 15 is 4.39 Å². The molecular weight excluding hydrogens is 660 g/mol. The highest BCUT2D eigenvalue weighted by molar-refractivity contribution is 9.10. The summed E-state index contributed by atoms with van der Waals surface area (Å²) in [5, 5.41) is 9.47. The van der Waals surface area contributed by atoms with Crippen LogP contribution in [0.4, 0.5) is 20.3 Å². The van der Waals surface area contributed by atoms with Crippen LogP contribution >= 0.6 is 27.3 Å². The van der Waals surface area contributed by atoms with Crippen LogP contribution in [0.15, 0.2) is 70.8 Å². The van der Waals surface area contributed by atoms with Gasteiger partial charge in [-0.15, -0.1) is 11.3 Å². The molecule has 0 amide bonds. The fraction of sp³-hybridized carbons (Fsp3) is 0.233. The summed E-state index contributed by atoms with van der Waals surface area (Å²) in [6.07, 6.45) is 1.96. The Bertz CT molecular complexity index is 1850. The normalized spacial score (nSPS) is 11.6. The molecule has 224 valence electrons. The third-order valence-corrected chi connectivity index (χ3v) is 9.74. The van der Waals surface area contributed by atoms with E-state index in [0.29, 0.717) is 69.0 Å². The lowest BCUT2D eigenvalue weighted by Gasteiger charge is -2.13. The fourth-order valence-corrected chi connectivity index (χ4v) is 6.88. The van der Waals surface area contributed by atoms with Crippen LogP contribution in [0.3, 0.4) is 0 Å². The van der Waals surface area contributed by atoms with Crippen molar-refractivity contribution in [3.63, 3.8) is 0 Å². The van der Waals surface area contributed by atoms with E-state index in [0.717, 1.165) is 5.01 Å². The summed E-state index contributed by atoms with van der Waals surface area (Å²) in [6.45, 7) is 2.76. The maximum Gasteiger partial charge on any atom is 0.151 e. The lowest BCUT2D eigenvalue weighted by atomic mass is 10.1. The first-order valence-electron chi connectivity index (χ1n) is 13.4. The molecule has 5 rings (SSSR count). The number of aromatic nitrogens is 3. The van der Waals surface area contributed by atoms with Gasteiger partial charge in [0.05, 0.1) is 21.4 Å². The van der Waals surface area contributed by atoms with Crippen molar-refractivity contribution in [1.29, 1.82) is 0 Å². The Labute approximate surface area is 260 Å². The third kappa shape index (κ3) is 8.11. The minimum atomic E-state index is -3.06. The predicted molar refractivity (Wildman–Crippen MR) is 169 cm³/mol. The van der Waals surface area contributed by atoms with Crippen molar-refractivity contribution in [1.82, 2.24) is 20.3 Å². The molecular formula is C30H28BrF2N5O3S2. The number of hydrogen-bond donors (Lipinski definition) is 2. The molecule has 0 spiro atoms. The number of hydrogen-bond acceptors (Lipinski definition) is 9. The molecule has 3 aromatic carbocycles. The number of ether oxygens (including phenoxy) is 1. The van der Waals surface area contributed by atoms with E-state index in [-0.39, 0.29) is 23.9 Å². The Hall–Kier alpha value is -3.52. The van der Waals surface area contributed by atoms with E-state index in [9.17, 15) is 12.8 Å². The second-order valence-electron chi connectivity index (χ2n) is 9.72. The maximum atomic E-state index is 15.2. The van der Waals surface area contributed by atoms with Crippen molar-refractivity contribution in [3.8, 4) is 17.0 Å². The smallest absolute Gasteiger partial charge is 0.151 e. The molecule has 2 aromatic heterocycles. The molecule has 0 aliphatic carbocycles. The zero-order chi connectivity index (χ0) is 30.4. The van der Waals surface area contributed by atoms with Crippen LogP contribution in [0, 0.1) is 11.6 Å². The number of sulfone groups is 1. The molecule has 0 radical (unpaired) electrons. The predicted octanol–water partition coefficient (Wildman–Crippen LogP) is 7.03. The van der Waals surface area contributed by atoms with Gasteiger partial charge in [-0.2, -0.15) is 0 Å². The SMILES string of the molecule is CCCS(=O)(=O)CCNCc1nc(-c2cc3c(Nc4ccc(OCc5cccc(F)c5)c(Br)c4)ncnc3cc2F)cs1. The number of halogens is 3. The van der Waals surface area contributed by atoms with E-state index in [1.165, 1.54) is 35.9 Å². The van der Waals surface area contributed by atoms with Gasteiger partial charge in [-0.25, -0.2) is 32.2 Å². The largest absolute Gasteiger partial charge is 0.488 e. The lowest BCUT2D eigenvalue weighted by molar-refractivity contribution is 0.303. The average Bonchev–Trinajstić information content (AvgIpc) is 3.43. The van der Waals surface area contributed by atoms with Crippen molar-refractivity contribution in [3.05, 3.63) is 93.0 Å². The van der Waals surface area contributed by atoms with Crippen LogP contribution in [0.1, 0.15) is 23.9 Å². The van der Waals surface area contributed by atoms with E-state index in [2.05, 4.69) is 41.5 Å². The first-order valence-corrected chi connectivity index (χ1v) is 16.9. The molecule has 13 heteroatoms. The lowest BCUT2D eigenvalue weighted by Crippen LogP contribution is -2.24. The van der Waals surface area contributed by atoms with Crippen LogP contribution in [0.25, 0.3) is 22.2 Å². The molecule has 0 bridgehead atoms. The summed E-state index contributed by atoms with van der Waals surface area (Å²) in [4.78, 5) is 13.2. The molecule has 0 fully saturated rings. The van der Waals surface area contributed by atoms with E-state index in [1.54, 1.807) is 29.6 Å². The Morgan fingerprint density at radius 3 is 2.70 bits per heavy atom. The Kier molecular flexibility index (Phi) is 9.96. The van der Waals surface area contributed by atoms with Crippen molar-refractivity contribution in [2.24, 2.45) is 0 Å². The van der Waals surface area contributed by atoms with Gasteiger partial charge in [0.25, 0.3) is 0 Å². The van der Waals surface area contributed by atoms with Crippen LogP contribution < -0.4 is 15.4 Å². The molecule has 0 aliphatic heterocycles. The number of anilines is 2. The maximum absolute atomic E-state index is 15.2. The Morgan fingerprint density at radius 2 is 1.91 bits per heavy atom. The van der Waals surface area contributed by atoms with Crippen LogP contribution in [0.2, 0.25) is 0 Å². The summed E-state index contributed by atoms with van der Waals surface area (Å²) in [6, 6.07) is 14.7. The quantitative estimate of drug-likeness (QED) is 0.127. The Balaban J connectivity index is 1.29. The average molecular weight is 689 g/mol. The van der Waals surface area contributed by atoms with Crippen LogP contribution in [0.5, 0.6) is 5.75 Å². The topological polar surface area (TPSA) is 106 Å². The number of nitrogens with one attached hydrogen (secondary N) is 2. The van der Waals surface area contributed by atoms with Crippen LogP contribution in [-0.2, 0) is 23.0 Å². The second kappa shape index (κ2) is 13.8. The zero-order valence-corrected chi connectivity index (χ0v) is 26.3. The highest BCUT2D eigenvalue weighted by Gasteiger charge is 2.15.